The molecule has 1 N–H and O–H groups in total. The fourth-order valence-electron chi connectivity index (χ4n) is 2.45. The highest BCUT2D eigenvalue weighted by molar-refractivity contribution is 5.86. The second-order valence-corrected chi connectivity index (χ2v) is 4.51. The summed E-state index contributed by atoms with van der Waals surface area (Å²) < 4.78 is 14.0. The van der Waals surface area contributed by atoms with Gasteiger partial charge < -0.3 is 5.43 Å². The Morgan fingerprint density at radius 3 is 2.58 bits per heavy atom. The highest BCUT2D eigenvalue weighted by Gasteiger charge is 2.36. The average molecular weight is 256 g/mol. The Balaban J connectivity index is 2.47. The van der Waals surface area contributed by atoms with Crippen molar-refractivity contribution in [3.8, 4) is 12.1 Å². The molecule has 1 aromatic carbocycles. The van der Waals surface area contributed by atoms with Crippen molar-refractivity contribution < 1.29 is 4.39 Å². The maximum Gasteiger partial charge on any atom is 0.140 e. The highest BCUT2D eigenvalue weighted by Crippen LogP contribution is 2.35. The third-order valence-corrected chi connectivity index (χ3v) is 3.44. The minimum Gasteiger partial charge on any atom is -0.309 e. The van der Waals surface area contributed by atoms with Crippen molar-refractivity contribution in [3.05, 3.63) is 35.6 Å². The fourth-order valence-corrected chi connectivity index (χ4v) is 2.45. The van der Waals surface area contributed by atoms with Gasteiger partial charge in [0.1, 0.15) is 11.7 Å². The summed E-state index contributed by atoms with van der Waals surface area (Å²) in [4.78, 5) is 0. The van der Waals surface area contributed by atoms with Gasteiger partial charge in [-0.25, -0.2) is 4.39 Å². The van der Waals surface area contributed by atoms with E-state index in [0.29, 0.717) is 12.1 Å². The summed E-state index contributed by atoms with van der Waals surface area (Å²) in [5, 5.41) is 22.4. The van der Waals surface area contributed by atoms with Gasteiger partial charge in [-0.15, -0.1) is 0 Å². The summed E-state index contributed by atoms with van der Waals surface area (Å²) in [5.41, 5.74) is 4.04. The lowest BCUT2D eigenvalue weighted by atomic mass is 9.76. The van der Waals surface area contributed by atoms with Gasteiger partial charge in [0.05, 0.1) is 12.1 Å². The molecule has 0 aromatic heterocycles. The van der Waals surface area contributed by atoms with Crippen molar-refractivity contribution >= 4 is 5.71 Å². The van der Waals surface area contributed by atoms with Gasteiger partial charge in [-0.1, -0.05) is 18.2 Å². The van der Waals surface area contributed by atoms with E-state index in [4.69, 9.17) is 10.5 Å². The molecule has 0 fully saturated rings. The van der Waals surface area contributed by atoms with Gasteiger partial charge in [0.25, 0.3) is 0 Å². The van der Waals surface area contributed by atoms with Crippen LogP contribution in [-0.2, 0) is 0 Å². The van der Waals surface area contributed by atoms with E-state index in [1.54, 1.807) is 18.2 Å². The van der Waals surface area contributed by atoms with Crippen LogP contribution in [0.5, 0.6) is 0 Å². The van der Waals surface area contributed by atoms with Crippen LogP contribution in [0.4, 0.5) is 4.39 Å². The van der Waals surface area contributed by atoms with Crippen LogP contribution in [0.25, 0.3) is 0 Å². The first-order valence-corrected chi connectivity index (χ1v) is 5.99. The van der Waals surface area contributed by atoms with Gasteiger partial charge in [-0.2, -0.15) is 15.6 Å². The maximum absolute atomic E-state index is 14.0. The van der Waals surface area contributed by atoms with Crippen LogP contribution in [0.1, 0.15) is 18.4 Å². The van der Waals surface area contributed by atoms with Crippen molar-refractivity contribution in [1.29, 1.82) is 10.5 Å². The summed E-state index contributed by atoms with van der Waals surface area (Å²) in [6, 6.07) is 10.2. The molecule has 0 aliphatic carbocycles. The van der Waals surface area contributed by atoms with Gasteiger partial charge in [-0.3, -0.25) is 0 Å². The Kier molecular flexibility index (Phi) is 3.77. The molecule has 0 saturated carbocycles. The van der Waals surface area contributed by atoms with E-state index >= 15 is 0 Å². The first-order chi connectivity index (χ1) is 9.19. The highest BCUT2D eigenvalue weighted by atomic mass is 19.1. The molecular weight excluding hydrogens is 243 g/mol. The first kappa shape index (κ1) is 13.0. The van der Waals surface area contributed by atoms with Gasteiger partial charge in [0, 0.05) is 24.1 Å². The average Bonchev–Trinajstić information content (AvgIpc) is 2.83. The van der Waals surface area contributed by atoms with Crippen molar-refractivity contribution in [1.82, 2.24) is 5.43 Å². The van der Waals surface area contributed by atoms with Crippen LogP contribution >= 0.6 is 0 Å². The summed E-state index contributed by atoms with van der Waals surface area (Å²) in [7, 11) is 0. The monoisotopic (exact) mass is 256 g/mol. The molecule has 1 heterocycles. The third-order valence-electron chi connectivity index (χ3n) is 3.44. The Labute approximate surface area is 111 Å². The number of nitrogens with zero attached hydrogens (tertiary/aromatic N) is 3. The largest absolute Gasteiger partial charge is 0.309 e. The van der Waals surface area contributed by atoms with Crippen LogP contribution in [0.2, 0.25) is 0 Å². The number of halogens is 1. The van der Waals surface area contributed by atoms with Crippen molar-refractivity contribution in [2.24, 2.45) is 16.9 Å². The SMILES string of the molecule is CC1=NNC[C@H]1[C@@H](c1ccccc1F)C(C#N)C#N. The topological polar surface area (TPSA) is 72.0 Å². The quantitative estimate of drug-likeness (QED) is 0.900. The molecule has 0 saturated heterocycles. The van der Waals surface area contributed by atoms with E-state index in [0.717, 1.165) is 5.71 Å². The minimum absolute atomic E-state index is 0.138. The van der Waals surface area contributed by atoms with E-state index in [1.807, 2.05) is 19.1 Å². The van der Waals surface area contributed by atoms with Crippen LogP contribution in [0.3, 0.4) is 0 Å². The lowest BCUT2D eigenvalue weighted by Crippen LogP contribution is -2.28. The van der Waals surface area contributed by atoms with Crippen LogP contribution < -0.4 is 5.43 Å². The maximum atomic E-state index is 14.0. The molecule has 1 aliphatic heterocycles. The van der Waals surface area contributed by atoms with E-state index in [9.17, 15) is 4.39 Å². The molecule has 96 valence electrons. The molecule has 5 heteroatoms. The van der Waals surface area contributed by atoms with E-state index in [-0.39, 0.29) is 11.7 Å². The van der Waals surface area contributed by atoms with Gasteiger partial charge in [0.15, 0.2) is 0 Å². The van der Waals surface area contributed by atoms with Crippen LogP contribution in [0.15, 0.2) is 29.4 Å². The number of nitriles is 2. The molecule has 0 bridgehead atoms. The molecule has 2 rings (SSSR count). The smallest absolute Gasteiger partial charge is 0.140 e. The summed E-state index contributed by atoms with van der Waals surface area (Å²) >= 11 is 0. The minimum atomic E-state index is -0.896. The number of nitrogens with one attached hydrogen (secondary N) is 1. The molecule has 1 aliphatic rings. The number of benzene rings is 1. The second kappa shape index (κ2) is 5.49. The summed E-state index contributed by atoms with van der Waals surface area (Å²) in [5.74, 6) is -1.93. The fraction of sp³-hybridized carbons (Fsp3) is 0.357. The zero-order valence-electron chi connectivity index (χ0n) is 10.5. The number of hydrogen-bond donors (Lipinski definition) is 1. The van der Waals surface area contributed by atoms with E-state index in [1.165, 1.54) is 6.07 Å². The molecule has 0 spiro atoms. The molecule has 4 nitrogen and oxygen atoms in total. The zero-order valence-corrected chi connectivity index (χ0v) is 10.5. The number of rotatable bonds is 3. The third kappa shape index (κ3) is 2.41. The second-order valence-electron chi connectivity index (χ2n) is 4.51. The summed E-state index contributed by atoms with van der Waals surface area (Å²) in [6.07, 6.45) is 0. The number of hydrogen-bond acceptors (Lipinski definition) is 4. The predicted molar refractivity (Wildman–Crippen MR) is 68.5 cm³/mol. The Hall–Kier alpha value is -2.40. The molecule has 0 amide bonds. The van der Waals surface area contributed by atoms with E-state index < -0.39 is 11.8 Å². The van der Waals surface area contributed by atoms with Gasteiger partial charge in [-0.05, 0) is 18.6 Å². The first-order valence-electron chi connectivity index (χ1n) is 5.99. The lowest BCUT2D eigenvalue weighted by Gasteiger charge is -2.24. The Bertz CT molecular complexity index is 568. The number of hydrazone groups is 1. The summed E-state index contributed by atoms with van der Waals surface area (Å²) in [6.45, 7) is 2.34. The Morgan fingerprint density at radius 2 is 2.05 bits per heavy atom. The normalized spacial score (nSPS) is 19.2. The lowest BCUT2D eigenvalue weighted by molar-refractivity contribution is 0.463. The van der Waals surface area contributed by atoms with Crippen LogP contribution in [-0.4, -0.2) is 12.3 Å². The van der Waals surface area contributed by atoms with Crippen molar-refractivity contribution in [2.75, 3.05) is 6.54 Å². The van der Waals surface area contributed by atoms with E-state index in [2.05, 4.69) is 10.5 Å². The molecule has 19 heavy (non-hydrogen) atoms. The predicted octanol–water partition coefficient (Wildman–Crippen LogP) is 2.17. The standard InChI is InChI=1S/C14H13FN4/c1-9-12(8-18-19-9)14(10(6-16)7-17)11-4-2-3-5-13(11)15/h2-5,10,12,14,18H,8H2,1H3/t12-,14-/m1/s1. The molecular formula is C14H13FN4. The van der Waals surface area contributed by atoms with Crippen molar-refractivity contribution in [3.63, 3.8) is 0 Å². The zero-order chi connectivity index (χ0) is 13.8. The van der Waals surface area contributed by atoms with Crippen molar-refractivity contribution in [2.45, 2.75) is 12.8 Å². The van der Waals surface area contributed by atoms with Crippen LogP contribution in [0, 0.1) is 40.3 Å². The molecule has 1 aromatic rings. The molecule has 0 radical (unpaired) electrons. The van der Waals surface area contributed by atoms with Gasteiger partial charge in [0.2, 0.25) is 0 Å². The van der Waals surface area contributed by atoms with Gasteiger partial charge >= 0.3 is 0 Å². The molecule has 2 atom stereocenters. The Morgan fingerprint density at radius 1 is 1.37 bits per heavy atom. The molecule has 0 unspecified atom stereocenters.